The normalized spacial score (nSPS) is 17.6. The van der Waals surface area contributed by atoms with Gasteiger partial charge in [0.25, 0.3) is 0 Å². The zero-order valence-corrected chi connectivity index (χ0v) is 12.9. The number of rotatable bonds is 7. The van der Waals surface area contributed by atoms with Gasteiger partial charge in [0.1, 0.15) is 12.4 Å². The summed E-state index contributed by atoms with van der Waals surface area (Å²) in [6.45, 7) is 10.0. The Hall–Kier alpha value is -1.28. The van der Waals surface area contributed by atoms with Crippen LogP contribution in [0.3, 0.4) is 0 Å². The van der Waals surface area contributed by atoms with Crippen LogP contribution in [-0.2, 0) is 6.42 Å². The maximum absolute atomic E-state index is 5.85. The first kappa shape index (κ1) is 15.1. The molecule has 1 aliphatic carbocycles. The van der Waals surface area contributed by atoms with Crippen molar-refractivity contribution in [2.24, 2.45) is 0 Å². The number of nitrogens with one attached hydrogen (secondary N) is 1. The van der Waals surface area contributed by atoms with Crippen molar-refractivity contribution in [1.82, 2.24) is 5.32 Å². The predicted octanol–water partition coefficient (Wildman–Crippen LogP) is 4.41. The van der Waals surface area contributed by atoms with Crippen LogP contribution in [-0.4, -0.2) is 13.2 Å². The minimum Gasteiger partial charge on any atom is -0.489 e. The minimum atomic E-state index is 0.497. The van der Waals surface area contributed by atoms with E-state index in [2.05, 4.69) is 43.9 Å². The van der Waals surface area contributed by atoms with Crippen LogP contribution in [0.15, 0.2) is 30.4 Å². The van der Waals surface area contributed by atoms with Gasteiger partial charge in [-0.3, -0.25) is 0 Å². The number of fused-ring (bicyclic) bond motifs is 1. The highest BCUT2D eigenvalue weighted by Crippen LogP contribution is 2.32. The van der Waals surface area contributed by atoms with E-state index in [0.717, 1.165) is 24.3 Å². The quantitative estimate of drug-likeness (QED) is 0.743. The third-order valence-electron chi connectivity index (χ3n) is 4.02. The topological polar surface area (TPSA) is 21.3 Å². The Bertz CT molecular complexity index is 453. The van der Waals surface area contributed by atoms with E-state index >= 15 is 0 Å². The molecule has 0 fully saturated rings. The van der Waals surface area contributed by atoms with Crippen LogP contribution in [0.1, 0.15) is 56.7 Å². The molecule has 1 aromatic rings. The lowest BCUT2D eigenvalue weighted by molar-refractivity contribution is 0.347. The fourth-order valence-corrected chi connectivity index (χ4v) is 2.69. The monoisotopic (exact) mass is 273 g/mol. The SMILES string of the molecule is C=C(CC)COc1ccc2c(c1)C(NCCC)CCC2. The highest BCUT2D eigenvalue weighted by atomic mass is 16.5. The van der Waals surface area contributed by atoms with E-state index in [0.29, 0.717) is 12.6 Å². The molecule has 0 aromatic heterocycles. The fourth-order valence-electron chi connectivity index (χ4n) is 2.69. The molecule has 0 saturated carbocycles. The van der Waals surface area contributed by atoms with Crippen molar-refractivity contribution in [2.45, 2.75) is 52.0 Å². The first-order chi connectivity index (χ1) is 9.74. The van der Waals surface area contributed by atoms with Crippen LogP contribution in [0.25, 0.3) is 0 Å². The van der Waals surface area contributed by atoms with Crippen LogP contribution in [0.4, 0.5) is 0 Å². The molecule has 2 rings (SSSR count). The Kier molecular flexibility index (Phi) is 5.66. The van der Waals surface area contributed by atoms with E-state index in [-0.39, 0.29) is 0 Å². The van der Waals surface area contributed by atoms with Crippen molar-refractivity contribution >= 4 is 0 Å². The van der Waals surface area contributed by atoms with Gasteiger partial charge in [-0.1, -0.05) is 26.5 Å². The zero-order chi connectivity index (χ0) is 14.4. The Morgan fingerprint density at radius 3 is 3.00 bits per heavy atom. The summed E-state index contributed by atoms with van der Waals surface area (Å²) >= 11 is 0. The van der Waals surface area contributed by atoms with Crippen molar-refractivity contribution in [1.29, 1.82) is 0 Å². The molecule has 1 N–H and O–H groups in total. The molecule has 20 heavy (non-hydrogen) atoms. The lowest BCUT2D eigenvalue weighted by Gasteiger charge is -2.27. The number of aryl methyl sites for hydroxylation is 1. The molecule has 0 spiro atoms. The van der Waals surface area contributed by atoms with Crippen LogP contribution in [0, 0.1) is 0 Å². The van der Waals surface area contributed by atoms with Crippen LogP contribution >= 0.6 is 0 Å². The maximum Gasteiger partial charge on any atom is 0.120 e. The number of hydrogen-bond donors (Lipinski definition) is 1. The van der Waals surface area contributed by atoms with Gasteiger partial charge in [-0.25, -0.2) is 0 Å². The first-order valence-electron chi connectivity index (χ1n) is 7.90. The van der Waals surface area contributed by atoms with Gasteiger partial charge in [-0.2, -0.15) is 0 Å². The van der Waals surface area contributed by atoms with E-state index in [9.17, 15) is 0 Å². The summed E-state index contributed by atoms with van der Waals surface area (Å²) in [6, 6.07) is 7.06. The highest BCUT2D eigenvalue weighted by Gasteiger charge is 2.20. The van der Waals surface area contributed by atoms with Gasteiger partial charge in [0.15, 0.2) is 0 Å². The van der Waals surface area contributed by atoms with Crippen molar-refractivity contribution in [2.75, 3.05) is 13.2 Å². The van der Waals surface area contributed by atoms with E-state index in [4.69, 9.17) is 4.74 Å². The lowest BCUT2D eigenvalue weighted by atomic mass is 9.87. The summed E-state index contributed by atoms with van der Waals surface area (Å²) in [4.78, 5) is 0. The lowest BCUT2D eigenvalue weighted by Crippen LogP contribution is -2.25. The average molecular weight is 273 g/mol. The van der Waals surface area contributed by atoms with Crippen molar-refractivity contribution < 1.29 is 4.74 Å². The smallest absolute Gasteiger partial charge is 0.120 e. The van der Waals surface area contributed by atoms with Gasteiger partial charge >= 0.3 is 0 Å². The van der Waals surface area contributed by atoms with E-state index in [1.807, 2.05) is 0 Å². The van der Waals surface area contributed by atoms with Gasteiger partial charge < -0.3 is 10.1 Å². The molecule has 110 valence electrons. The highest BCUT2D eigenvalue weighted by molar-refractivity contribution is 5.39. The molecule has 0 amide bonds. The van der Waals surface area contributed by atoms with Crippen LogP contribution < -0.4 is 10.1 Å². The summed E-state index contributed by atoms with van der Waals surface area (Å²) in [5.41, 5.74) is 4.05. The van der Waals surface area contributed by atoms with Crippen molar-refractivity contribution in [3.05, 3.63) is 41.5 Å². The first-order valence-corrected chi connectivity index (χ1v) is 7.90. The Labute approximate surface area is 123 Å². The summed E-state index contributed by atoms with van der Waals surface area (Å²) in [7, 11) is 0. The second-order valence-electron chi connectivity index (χ2n) is 5.65. The van der Waals surface area contributed by atoms with Gasteiger partial charge in [-0.05, 0) is 67.5 Å². The Morgan fingerprint density at radius 1 is 1.40 bits per heavy atom. The third kappa shape index (κ3) is 3.86. The molecule has 0 saturated heterocycles. The fraction of sp³-hybridized carbons (Fsp3) is 0.556. The third-order valence-corrected chi connectivity index (χ3v) is 4.02. The molecule has 1 aromatic carbocycles. The van der Waals surface area contributed by atoms with Crippen molar-refractivity contribution in [3.8, 4) is 5.75 Å². The summed E-state index contributed by atoms with van der Waals surface area (Å²) < 4.78 is 5.85. The van der Waals surface area contributed by atoms with Gasteiger partial charge in [0.2, 0.25) is 0 Å². The molecule has 2 heteroatoms. The molecule has 2 nitrogen and oxygen atoms in total. The Morgan fingerprint density at radius 2 is 2.25 bits per heavy atom. The Balaban J connectivity index is 2.08. The minimum absolute atomic E-state index is 0.497. The van der Waals surface area contributed by atoms with Crippen LogP contribution in [0.5, 0.6) is 5.75 Å². The second kappa shape index (κ2) is 7.49. The number of ether oxygens (including phenoxy) is 1. The van der Waals surface area contributed by atoms with E-state index in [1.165, 1.54) is 36.8 Å². The largest absolute Gasteiger partial charge is 0.489 e. The number of benzene rings is 1. The molecule has 1 unspecified atom stereocenters. The molecule has 0 aliphatic heterocycles. The summed E-state index contributed by atoms with van der Waals surface area (Å²) in [5.74, 6) is 0.976. The number of hydrogen-bond acceptors (Lipinski definition) is 2. The maximum atomic E-state index is 5.85. The van der Waals surface area contributed by atoms with Gasteiger partial charge in [0.05, 0.1) is 0 Å². The molecular weight excluding hydrogens is 246 g/mol. The average Bonchev–Trinajstić information content (AvgIpc) is 2.50. The summed E-state index contributed by atoms with van der Waals surface area (Å²) in [6.07, 6.45) is 5.87. The second-order valence-corrected chi connectivity index (χ2v) is 5.65. The van der Waals surface area contributed by atoms with E-state index in [1.54, 1.807) is 0 Å². The molecule has 1 aliphatic rings. The molecule has 1 atom stereocenters. The molecule has 0 bridgehead atoms. The standard InChI is InChI=1S/C18H27NO/c1-4-11-19-18-8-6-7-15-9-10-16(12-17(15)18)20-13-14(3)5-2/h9-10,12,18-19H,3-8,11,13H2,1-2H3. The molecular formula is C18H27NO. The van der Waals surface area contributed by atoms with Gasteiger partial charge in [-0.15, -0.1) is 0 Å². The summed E-state index contributed by atoms with van der Waals surface area (Å²) in [5, 5.41) is 3.66. The van der Waals surface area contributed by atoms with Gasteiger partial charge in [0, 0.05) is 6.04 Å². The molecule has 0 heterocycles. The van der Waals surface area contributed by atoms with E-state index < -0.39 is 0 Å². The zero-order valence-electron chi connectivity index (χ0n) is 12.9. The predicted molar refractivity (Wildman–Crippen MR) is 85.3 cm³/mol. The molecule has 0 radical (unpaired) electrons. The van der Waals surface area contributed by atoms with Crippen molar-refractivity contribution in [3.63, 3.8) is 0 Å². The van der Waals surface area contributed by atoms with Crippen LogP contribution in [0.2, 0.25) is 0 Å².